The number of aromatic amines is 1. The van der Waals surface area contributed by atoms with Crippen molar-refractivity contribution in [2.75, 3.05) is 25.0 Å². The van der Waals surface area contributed by atoms with Crippen LogP contribution in [-0.4, -0.2) is 52.7 Å². The predicted molar refractivity (Wildman–Crippen MR) is 119 cm³/mol. The van der Waals surface area contributed by atoms with Gasteiger partial charge >= 0.3 is 6.03 Å². The molecule has 32 heavy (non-hydrogen) atoms. The van der Waals surface area contributed by atoms with E-state index in [1.807, 2.05) is 0 Å². The summed E-state index contributed by atoms with van der Waals surface area (Å²) >= 11 is 0. The number of carbonyl (C=O) groups is 2. The number of rotatable bonds is 5. The first kappa shape index (κ1) is 20.4. The van der Waals surface area contributed by atoms with Crippen LogP contribution in [0.1, 0.15) is 28.9 Å². The summed E-state index contributed by atoms with van der Waals surface area (Å²) in [5, 5.41) is 16.4. The molecule has 3 aliphatic rings. The highest BCUT2D eigenvalue weighted by molar-refractivity contribution is 6.06. The summed E-state index contributed by atoms with van der Waals surface area (Å²) in [4.78, 5) is 27.6. The van der Waals surface area contributed by atoms with E-state index in [-0.39, 0.29) is 24.3 Å². The number of nitrogens with zero attached hydrogens (tertiary/aromatic N) is 2. The van der Waals surface area contributed by atoms with E-state index >= 15 is 0 Å². The molecule has 9 heteroatoms. The number of H-pyrrole nitrogens is 1. The third-order valence-corrected chi connectivity index (χ3v) is 6.37. The number of amides is 3. The van der Waals surface area contributed by atoms with Gasteiger partial charge in [-0.05, 0) is 67.7 Å². The summed E-state index contributed by atoms with van der Waals surface area (Å²) in [6.45, 7) is 3.38. The lowest BCUT2D eigenvalue weighted by molar-refractivity contribution is 0.0618. The van der Waals surface area contributed by atoms with E-state index in [0.717, 1.165) is 43.6 Å². The van der Waals surface area contributed by atoms with Gasteiger partial charge in [-0.25, -0.2) is 9.18 Å². The fourth-order valence-corrected chi connectivity index (χ4v) is 4.59. The van der Waals surface area contributed by atoms with Gasteiger partial charge in [0.1, 0.15) is 5.82 Å². The number of benzene rings is 2. The molecule has 0 aliphatic carbocycles. The number of anilines is 1. The fourth-order valence-electron chi connectivity index (χ4n) is 4.59. The number of hydrogen-bond acceptors (Lipinski definition) is 4. The molecular weight excluding hydrogens is 411 g/mol. The van der Waals surface area contributed by atoms with E-state index in [9.17, 15) is 14.0 Å². The van der Waals surface area contributed by atoms with Crippen LogP contribution in [0.5, 0.6) is 0 Å². The molecule has 3 aromatic rings. The molecule has 0 saturated carbocycles. The van der Waals surface area contributed by atoms with Crippen LogP contribution in [0.2, 0.25) is 0 Å². The van der Waals surface area contributed by atoms with Gasteiger partial charge in [0.25, 0.3) is 5.91 Å². The van der Waals surface area contributed by atoms with Crippen molar-refractivity contribution in [1.82, 2.24) is 25.7 Å². The molecule has 2 bridgehead atoms. The number of halogens is 1. The Bertz CT molecular complexity index is 1140. The number of nitrogens with one attached hydrogen (secondary N) is 4. The molecule has 8 nitrogen and oxygen atoms in total. The molecule has 6 rings (SSSR count). The second-order valence-electron chi connectivity index (χ2n) is 8.48. The van der Waals surface area contributed by atoms with Gasteiger partial charge in [0.05, 0.1) is 5.52 Å². The Labute approximate surface area is 184 Å². The molecule has 1 atom stereocenters. The van der Waals surface area contributed by atoms with Crippen molar-refractivity contribution in [3.05, 3.63) is 59.5 Å². The van der Waals surface area contributed by atoms with E-state index in [0.29, 0.717) is 22.7 Å². The number of aromatic nitrogens is 2. The number of hydrogen-bond donors (Lipinski definition) is 4. The predicted octanol–water partition coefficient (Wildman–Crippen LogP) is 2.85. The third-order valence-electron chi connectivity index (χ3n) is 6.37. The van der Waals surface area contributed by atoms with Crippen LogP contribution in [0.4, 0.5) is 14.9 Å². The number of carbonyl (C=O) groups excluding carboxylic acids is 2. The van der Waals surface area contributed by atoms with E-state index in [1.54, 1.807) is 30.3 Å². The van der Waals surface area contributed by atoms with Crippen molar-refractivity contribution in [3.8, 4) is 0 Å². The molecule has 4 N–H and O–H groups in total. The van der Waals surface area contributed by atoms with Crippen LogP contribution < -0.4 is 16.0 Å². The summed E-state index contributed by atoms with van der Waals surface area (Å²) in [6.07, 6.45) is 2.24. The molecule has 4 heterocycles. The lowest BCUT2D eigenvalue weighted by Gasteiger charge is -2.44. The molecule has 3 saturated heterocycles. The zero-order chi connectivity index (χ0) is 22.1. The molecule has 0 unspecified atom stereocenters. The van der Waals surface area contributed by atoms with Crippen molar-refractivity contribution in [2.45, 2.75) is 25.4 Å². The van der Waals surface area contributed by atoms with E-state index in [2.05, 4.69) is 31.0 Å². The maximum absolute atomic E-state index is 13.0. The number of urea groups is 1. The summed E-state index contributed by atoms with van der Waals surface area (Å²) in [5.41, 5.74) is 2.39. The molecule has 1 aromatic heterocycles. The summed E-state index contributed by atoms with van der Waals surface area (Å²) in [7, 11) is 0. The smallest absolute Gasteiger partial charge is 0.319 e. The highest BCUT2D eigenvalue weighted by Gasteiger charge is 2.35. The Morgan fingerprint density at radius 1 is 1.12 bits per heavy atom. The molecule has 3 fully saturated rings. The quantitative estimate of drug-likeness (QED) is 0.494. The summed E-state index contributed by atoms with van der Waals surface area (Å²) < 4.78 is 13.0. The molecule has 3 amide bonds. The molecular formula is C23H25FN6O2. The largest absolute Gasteiger partial charge is 0.346 e. The highest BCUT2D eigenvalue weighted by atomic mass is 19.1. The molecule has 2 aromatic carbocycles. The van der Waals surface area contributed by atoms with Gasteiger partial charge in [-0.15, -0.1) is 0 Å². The molecule has 0 radical (unpaired) electrons. The second kappa shape index (κ2) is 8.58. The molecule has 3 aliphatic heterocycles. The highest BCUT2D eigenvalue weighted by Crippen LogP contribution is 2.28. The van der Waals surface area contributed by atoms with Crippen LogP contribution in [-0.2, 0) is 6.54 Å². The topological polar surface area (TPSA) is 102 Å². The Morgan fingerprint density at radius 3 is 2.62 bits per heavy atom. The minimum Gasteiger partial charge on any atom is -0.346 e. The zero-order valence-corrected chi connectivity index (χ0v) is 17.5. The van der Waals surface area contributed by atoms with Gasteiger partial charge in [0.15, 0.2) is 5.69 Å². The Balaban J connectivity index is 1.24. The normalized spacial score (nSPS) is 22.0. The van der Waals surface area contributed by atoms with Crippen molar-refractivity contribution < 1.29 is 14.0 Å². The summed E-state index contributed by atoms with van der Waals surface area (Å²) in [5.74, 6) is 0.00375. The molecule has 166 valence electrons. The SMILES string of the molecule is O=C(NCc1ccc(F)cc1)Nc1ccc2[nH]nc(C(=O)N[C@H]3CN4CCC3CC4)c2c1. The maximum atomic E-state index is 13.0. The average molecular weight is 436 g/mol. The Morgan fingerprint density at radius 2 is 1.91 bits per heavy atom. The summed E-state index contributed by atoms with van der Waals surface area (Å²) in [6, 6.07) is 11.0. The second-order valence-corrected chi connectivity index (χ2v) is 8.48. The first-order chi connectivity index (χ1) is 15.5. The van der Waals surface area contributed by atoms with Crippen LogP contribution in [0.3, 0.4) is 0 Å². The zero-order valence-electron chi connectivity index (χ0n) is 17.5. The third kappa shape index (κ3) is 4.29. The minimum atomic E-state index is -0.393. The van der Waals surface area contributed by atoms with E-state index in [4.69, 9.17) is 0 Å². The average Bonchev–Trinajstić information content (AvgIpc) is 3.23. The van der Waals surface area contributed by atoms with Crippen molar-refractivity contribution >= 4 is 28.5 Å². The lowest BCUT2D eigenvalue weighted by Crippen LogP contribution is -2.57. The van der Waals surface area contributed by atoms with Crippen molar-refractivity contribution in [2.24, 2.45) is 5.92 Å². The monoisotopic (exact) mass is 436 g/mol. The van der Waals surface area contributed by atoms with Crippen LogP contribution >= 0.6 is 0 Å². The maximum Gasteiger partial charge on any atom is 0.319 e. The first-order valence-corrected chi connectivity index (χ1v) is 10.9. The standard InChI is InChI=1S/C23H25FN6O2/c24-16-3-1-14(2-4-16)12-25-23(32)26-17-5-6-19-18(11-17)21(29-28-19)22(31)27-20-13-30-9-7-15(20)8-10-30/h1-6,11,15,20H,7-10,12-13H2,(H,27,31)(H,28,29)(H2,25,26,32)/t20-/m0/s1. The van der Waals surface area contributed by atoms with Crippen molar-refractivity contribution in [3.63, 3.8) is 0 Å². The first-order valence-electron chi connectivity index (χ1n) is 10.9. The lowest BCUT2D eigenvalue weighted by atomic mass is 9.84. The minimum absolute atomic E-state index is 0.148. The molecule has 0 spiro atoms. The van der Waals surface area contributed by atoms with Gasteiger partial charge < -0.3 is 20.9 Å². The van der Waals surface area contributed by atoms with Crippen molar-refractivity contribution in [1.29, 1.82) is 0 Å². The number of fused-ring (bicyclic) bond motifs is 4. The van der Waals surface area contributed by atoms with Crippen LogP contribution in [0.15, 0.2) is 42.5 Å². The Kier molecular flexibility index (Phi) is 5.48. The fraction of sp³-hybridized carbons (Fsp3) is 0.348. The van der Waals surface area contributed by atoms with Gasteiger partial charge in [0, 0.05) is 30.2 Å². The Hall–Kier alpha value is -3.46. The van der Waals surface area contributed by atoms with Gasteiger partial charge in [-0.3, -0.25) is 9.89 Å². The van der Waals surface area contributed by atoms with E-state index in [1.165, 1.54) is 12.1 Å². The van der Waals surface area contributed by atoms with E-state index < -0.39 is 6.03 Å². The van der Waals surface area contributed by atoms with Gasteiger partial charge in [0.2, 0.25) is 0 Å². The van der Waals surface area contributed by atoms with Gasteiger partial charge in [-0.2, -0.15) is 5.10 Å². The number of piperidine rings is 3. The van der Waals surface area contributed by atoms with Crippen LogP contribution in [0, 0.1) is 11.7 Å². The van der Waals surface area contributed by atoms with Gasteiger partial charge in [-0.1, -0.05) is 12.1 Å². The van der Waals surface area contributed by atoms with Crippen LogP contribution in [0.25, 0.3) is 10.9 Å².